The van der Waals surface area contributed by atoms with E-state index >= 15 is 0 Å². The van der Waals surface area contributed by atoms with Crippen molar-refractivity contribution in [3.05, 3.63) is 76.1 Å². The largest absolute Gasteiger partial charge is 0.546 e. The van der Waals surface area contributed by atoms with Gasteiger partial charge in [0.2, 0.25) is 0 Å². The Labute approximate surface area is 131 Å². The first-order valence-electron chi connectivity index (χ1n) is 7.01. The molecule has 0 aliphatic rings. The lowest BCUT2D eigenvalue weighted by Crippen LogP contribution is -2.33. The van der Waals surface area contributed by atoms with E-state index in [2.05, 4.69) is 0 Å². The second-order valence-corrected chi connectivity index (χ2v) is 5.13. The third-order valence-electron chi connectivity index (χ3n) is 3.49. The van der Waals surface area contributed by atoms with Gasteiger partial charge in [0, 0.05) is 17.5 Å². The molecule has 3 rings (SSSR count). The zero-order valence-corrected chi connectivity index (χ0v) is 12.3. The van der Waals surface area contributed by atoms with Crippen molar-refractivity contribution in [2.75, 3.05) is 0 Å². The SMILES string of the molecule is Cc1cc(=O)oc2cc(O[C@@H](C(=O)[O-])c3ccccc3)ccc12. The molecule has 0 saturated heterocycles. The maximum absolute atomic E-state index is 11.5. The van der Waals surface area contributed by atoms with E-state index in [9.17, 15) is 14.7 Å². The van der Waals surface area contributed by atoms with Crippen LogP contribution in [0.15, 0.2) is 63.8 Å². The summed E-state index contributed by atoms with van der Waals surface area (Å²) in [5, 5.41) is 12.1. The van der Waals surface area contributed by atoms with Gasteiger partial charge < -0.3 is 19.1 Å². The van der Waals surface area contributed by atoms with Crippen LogP contribution in [0.2, 0.25) is 0 Å². The van der Waals surface area contributed by atoms with Gasteiger partial charge >= 0.3 is 5.63 Å². The van der Waals surface area contributed by atoms with Crippen LogP contribution < -0.4 is 15.5 Å². The van der Waals surface area contributed by atoms with Crippen LogP contribution in [-0.2, 0) is 4.79 Å². The molecule has 1 heterocycles. The molecule has 1 atom stereocenters. The molecule has 23 heavy (non-hydrogen) atoms. The Morgan fingerprint density at radius 3 is 2.57 bits per heavy atom. The summed E-state index contributed by atoms with van der Waals surface area (Å²) in [5.41, 5.74) is 1.13. The number of benzene rings is 2. The number of ether oxygens (including phenoxy) is 1. The normalized spacial score (nSPS) is 12.0. The third-order valence-corrected chi connectivity index (χ3v) is 3.49. The van der Waals surface area contributed by atoms with E-state index in [1.165, 1.54) is 12.1 Å². The van der Waals surface area contributed by atoms with E-state index < -0.39 is 17.7 Å². The Balaban J connectivity index is 1.99. The number of carboxylic acids is 1. The molecular formula is C18H13O5-. The highest BCUT2D eigenvalue weighted by molar-refractivity contribution is 5.81. The maximum Gasteiger partial charge on any atom is 0.336 e. The molecule has 3 aromatic rings. The van der Waals surface area contributed by atoms with Crippen molar-refractivity contribution in [3.8, 4) is 5.75 Å². The molecule has 5 heteroatoms. The molecule has 2 aromatic carbocycles. The zero-order valence-electron chi connectivity index (χ0n) is 12.3. The third kappa shape index (κ3) is 3.08. The fourth-order valence-electron chi connectivity index (χ4n) is 2.39. The smallest absolute Gasteiger partial charge is 0.336 e. The number of aliphatic carboxylic acids is 1. The minimum absolute atomic E-state index is 0.282. The molecule has 116 valence electrons. The van der Waals surface area contributed by atoms with Crippen molar-refractivity contribution in [2.45, 2.75) is 13.0 Å². The Bertz CT molecular complexity index is 912. The first-order chi connectivity index (χ1) is 11.0. The number of hydrogen-bond acceptors (Lipinski definition) is 5. The molecule has 0 spiro atoms. The number of rotatable bonds is 4. The van der Waals surface area contributed by atoms with E-state index in [0.29, 0.717) is 11.1 Å². The highest BCUT2D eigenvalue weighted by atomic mass is 16.5. The summed E-state index contributed by atoms with van der Waals surface area (Å²) in [6.45, 7) is 1.80. The highest BCUT2D eigenvalue weighted by Crippen LogP contribution is 2.26. The van der Waals surface area contributed by atoms with Crippen LogP contribution in [0.3, 0.4) is 0 Å². The molecule has 0 bridgehead atoms. The molecule has 5 nitrogen and oxygen atoms in total. The average Bonchev–Trinajstić information content (AvgIpc) is 2.52. The van der Waals surface area contributed by atoms with Crippen LogP contribution >= 0.6 is 0 Å². The van der Waals surface area contributed by atoms with Crippen molar-refractivity contribution in [1.82, 2.24) is 0 Å². The first kappa shape index (κ1) is 14.8. The van der Waals surface area contributed by atoms with Crippen molar-refractivity contribution in [1.29, 1.82) is 0 Å². The van der Waals surface area contributed by atoms with Gasteiger partial charge in [-0.25, -0.2) is 4.79 Å². The zero-order chi connectivity index (χ0) is 16.4. The maximum atomic E-state index is 11.5. The summed E-state index contributed by atoms with van der Waals surface area (Å²) in [7, 11) is 0. The van der Waals surface area contributed by atoms with Crippen molar-refractivity contribution < 1.29 is 19.1 Å². The molecule has 0 N–H and O–H groups in total. The number of aryl methyl sites for hydroxylation is 1. The van der Waals surface area contributed by atoms with Gasteiger partial charge in [0.1, 0.15) is 11.3 Å². The average molecular weight is 309 g/mol. The molecule has 1 aromatic heterocycles. The van der Waals surface area contributed by atoms with Gasteiger partial charge in [0.05, 0.1) is 5.97 Å². The van der Waals surface area contributed by atoms with E-state index in [-0.39, 0.29) is 5.75 Å². The number of fused-ring (bicyclic) bond motifs is 1. The Kier molecular flexibility index (Phi) is 3.85. The van der Waals surface area contributed by atoms with Crippen LogP contribution in [0.1, 0.15) is 17.2 Å². The van der Waals surface area contributed by atoms with E-state index in [1.54, 1.807) is 49.4 Å². The molecule has 0 unspecified atom stereocenters. The lowest BCUT2D eigenvalue weighted by Gasteiger charge is -2.20. The van der Waals surface area contributed by atoms with Crippen LogP contribution in [0, 0.1) is 6.92 Å². The second kappa shape index (κ2) is 5.96. The molecule has 0 amide bonds. The molecule has 0 radical (unpaired) electrons. The predicted octanol–water partition coefficient (Wildman–Crippen LogP) is 1.97. The van der Waals surface area contributed by atoms with E-state index in [1.807, 2.05) is 0 Å². The summed E-state index contributed by atoms with van der Waals surface area (Å²) in [6.07, 6.45) is -1.25. The molecular weight excluding hydrogens is 296 g/mol. The van der Waals surface area contributed by atoms with Crippen LogP contribution in [0.4, 0.5) is 0 Å². The topological polar surface area (TPSA) is 79.6 Å². The van der Waals surface area contributed by atoms with Gasteiger partial charge in [-0.2, -0.15) is 0 Å². The molecule has 0 aliphatic carbocycles. The van der Waals surface area contributed by atoms with Crippen LogP contribution in [-0.4, -0.2) is 5.97 Å². The summed E-state index contributed by atoms with van der Waals surface area (Å²) < 4.78 is 10.7. The van der Waals surface area contributed by atoms with Crippen molar-refractivity contribution in [3.63, 3.8) is 0 Å². The quantitative estimate of drug-likeness (QED) is 0.688. The summed E-state index contributed by atoms with van der Waals surface area (Å²) in [4.78, 5) is 22.8. The number of hydrogen-bond donors (Lipinski definition) is 0. The van der Waals surface area contributed by atoms with Gasteiger partial charge in [-0.3, -0.25) is 0 Å². The Morgan fingerprint density at radius 2 is 1.87 bits per heavy atom. The predicted molar refractivity (Wildman–Crippen MR) is 82.0 cm³/mol. The lowest BCUT2D eigenvalue weighted by molar-refractivity contribution is -0.314. The Hall–Kier alpha value is -3.08. The molecule has 0 aliphatic heterocycles. The van der Waals surface area contributed by atoms with Crippen LogP contribution in [0.25, 0.3) is 11.0 Å². The second-order valence-electron chi connectivity index (χ2n) is 5.13. The van der Waals surface area contributed by atoms with Gasteiger partial charge in [0.25, 0.3) is 0 Å². The lowest BCUT2D eigenvalue weighted by atomic mass is 10.1. The number of carboxylic acid groups (broad SMARTS) is 1. The summed E-state index contributed by atoms with van der Waals surface area (Å²) in [5.74, 6) is -1.06. The van der Waals surface area contributed by atoms with Gasteiger partial charge in [-0.15, -0.1) is 0 Å². The fraction of sp³-hybridized carbons (Fsp3) is 0.111. The van der Waals surface area contributed by atoms with Crippen LogP contribution in [0.5, 0.6) is 5.75 Å². The number of carbonyl (C=O) groups excluding carboxylic acids is 1. The first-order valence-corrected chi connectivity index (χ1v) is 7.01. The van der Waals surface area contributed by atoms with Gasteiger partial charge in [0.15, 0.2) is 6.10 Å². The summed E-state index contributed by atoms with van der Waals surface area (Å²) >= 11 is 0. The summed E-state index contributed by atoms with van der Waals surface area (Å²) in [6, 6.07) is 14.8. The molecule has 0 fully saturated rings. The van der Waals surface area contributed by atoms with E-state index in [4.69, 9.17) is 9.15 Å². The van der Waals surface area contributed by atoms with E-state index in [0.717, 1.165) is 10.9 Å². The molecule has 0 saturated carbocycles. The van der Waals surface area contributed by atoms with Crippen molar-refractivity contribution in [2.24, 2.45) is 0 Å². The standard InChI is InChI=1S/C18H14O5/c1-11-9-16(19)23-15-10-13(7-8-14(11)15)22-17(18(20)21)12-5-3-2-4-6-12/h2-10,17H,1H3,(H,20,21)/p-1/t17-/m1/s1. The van der Waals surface area contributed by atoms with Gasteiger partial charge in [-0.05, 0) is 30.2 Å². The highest BCUT2D eigenvalue weighted by Gasteiger charge is 2.15. The Morgan fingerprint density at radius 1 is 1.13 bits per heavy atom. The number of carbonyl (C=O) groups is 1. The fourth-order valence-corrected chi connectivity index (χ4v) is 2.39. The minimum Gasteiger partial charge on any atom is -0.546 e. The van der Waals surface area contributed by atoms with Gasteiger partial charge in [-0.1, -0.05) is 30.3 Å². The minimum atomic E-state index is -1.35. The van der Waals surface area contributed by atoms with Crippen molar-refractivity contribution >= 4 is 16.9 Å². The monoisotopic (exact) mass is 309 g/mol.